The number of benzene rings is 1. The number of para-hydroxylation sites is 2. The molecule has 0 unspecified atom stereocenters. The van der Waals surface area contributed by atoms with E-state index in [0.717, 1.165) is 13.1 Å². The van der Waals surface area contributed by atoms with Crippen LogP contribution in [0.5, 0.6) is 5.75 Å². The maximum atomic E-state index is 12.7. The van der Waals surface area contributed by atoms with Crippen LogP contribution in [0.4, 0.5) is 27.6 Å². The predicted molar refractivity (Wildman–Crippen MR) is 74.2 cm³/mol. The van der Waals surface area contributed by atoms with E-state index in [1.807, 2.05) is 0 Å². The van der Waals surface area contributed by atoms with E-state index in [4.69, 9.17) is 11.6 Å². The van der Waals surface area contributed by atoms with Crippen molar-refractivity contribution in [1.29, 1.82) is 0 Å². The Morgan fingerprint density at radius 2 is 1.96 bits per heavy atom. The first-order valence-electron chi connectivity index (χ1n) is 6.26. The summed E-state index contributed by atoms with van der Waals surface area (Å²) in [6, 6.07) is 5.20. The molecular formula is C13H9ClF5N3O2. The molecule has 0 fully saturated rings. The number of ether oxygens (including phenoxy) is 1. The first-order chi connectivity index (χ1) is 11.1. The summed E-state index contributed by atoms with van der Waals surface area (Å²) in [7, 11) is 1.09. The SMILES string of the molecule is Cn1nc(C(F)(F)F)c(Cl)c1C(=O)Nc1ccccc1OC(F)F. The number of alkyl halides is 5. The lowest BCUT2D eigenvalue weighted by molar-refractivity contribution is -0.141. The van der Waals surface area contributed by atoms with E-state index in [0.29, 0.717) is 4.68 Å². The highest BCUT2D eigenvalue weighted by Crippen LogP contribution is 2.36. The monoisotopic (exact) mass is 369 g/mol. The molecule has 0 aliphatic heterocycles. The van der Waals surface area contributed by atoms with Crippen molar-refractivity contribution < 1.29 is 31.5 Å². The van der Waals surface area contributed by atoms with Crippen LogP contribution in [0.3, 0.4) is 0 Å². The number of anilines is 1. The van der Waals surface area contributed by atoms with E-state index < -0.39 is 35.1 Å². The standard InChI is InChI=1S/C13H9ClF5N3O2/c1-22-9(8(14)10(21-22)13(17,18)19)11(23)20-6-4-2-3-5-7(6)24-12(15)16/h2-5,12H,1H3,(H,20,23). The van der Waals surface area contributed by atoms with Crippen LogP contribution < -0.4 is 10.1 Å². The van der Waals surface area contributed by atoms with Gasteiger partial charge in [0.15, 0.2) is 5.69 Å². The van der Waals surface area contributed by atoms with Gasteiger partial charge in [-0.05, 0) is 12.1 Å². The largest absolute Gasteiger partial charge is 0.436 e. The van der Waals surface area contributed by atoms with Gasteiger partial charge < -0.3 is 10.1 Å². The Morgan fingerprint density at radius 1 is 1.33 bits per heavy atom. The maximum Gasteiger partial charge on any atom is 0.436 e. The summed E-state index contributed by atoms with van der Waals surface area (Å²) in [4.78, 5) is 12.2. The summed E-state index contributed by atoms with van der Waals surface area (Å²) in [6.07, 6.45) is -4.84. The number of carbonyl (C=O) groups is 1. The molecular weight excluding hydrogens is 361 g/mol. The second-order valence-corrected chi connectivity index (χ2v) is 4.84. The van der Waals surface area contributed by atoms with Crippen LogP contribution in [-0.4, -0.2) is 22.3 Å². The van der Waals surface area contributed by atoms with Crippen LogP contribution in [-0.2, 0) is 13.2 Å². The zero-order valence-electron chi connectivity index (χ0n) is 11.9. The summed E-state index contributed by atoms with van der Waals surface area (Å²) in [5.74, 6) is -1.41. The van der Waals surface area contributed by atoms with E-state index in [2.05, 4.69) is 15.2 Å². The molecule has 24 heavy (non-hydrogen) atoms. The number of nitrogens with one attached hydrogen (secondary N) is 1. The van der Waals surface area contributed by atoms with Crippen molar-refractivity contribution in [3.05, 3.63) is 40.7 Å². The minimum atomic E-state index is -4.84. The molecule has 130 valence electrons. The van der Waals surface area contributed by atoms with Gasteiger partial charge in [0.1, 0.15) is 16.5 Å². The van der Waals surface area contributed by atoms with Crippen molar-refractivity contribution in [2.45, 2.75) is 12.8 Å². The molecule has 1 N–H and O–H groups in total. The minimum Gasteiger partial charge on any atom is -0.433 e. The van der Waals surface area contributed by atoms with Crippen molar-refractivity contribution >= 4 is 23.2 Å². The molecule has 2 aromatic rings. The molecule has 0 aliphatic rings. The van der Waals surface area contributed by atoms with Crippen molar-refractivity contribution in [1.82, 2.24) is 9.78 Å². The number of halogens is 6. The fraction of sp³-hybridized carbons (Fsp3) is 0.231. The lowest BCUT2D eigenvalue weighted by atomic mass is 10.2. The normalized spacial score (nSPS) is 11.7. The first-order valence-corrected chi connectivity index (χ1v) is 6.64. The lowest BCUT2D eigenvalue weighted by Gasteiger charge is -2.11. The third kappa shape index (κ3) is 3.75. The molecule has 0 bridgehead atoms. The molecule has 1 heterocycles. The highest BCUT2D eigenvalue weighted by Gasteiger charge is 2.39. The van der Waals surface area contributed by atoms with E-state index >= 15 is 0 Å². The molecule has 0 atom stereocenters. The second-order valence-electron chi connectivity index (χ2n) is 4.46. The topological polar surface area (TPSA) is 56.2 Å². The van der Waals surface area contributed by atoms with Gasteiger partial charge >= 0.3 is 12.8 Å². The molecule has 0 aliphatic carbocycles. The summed E-state index contributed by atoms with van der Waals surface area (Å²) in [6.45, 7) is -3.14. The van der Waals surface area contributed by atoms with Crippen molar-refractivity contribution in [3.8, 4) is 5.75 Å². The van der Waals surface area contributed by atoms with E-state index in [1.165, 1.54) is 18.2 Å². The van der Waals surface area contributed by atoms with Crippen molar-refractivity contribution in [2.75, 3.05) is 5.32 Å². The van der Waals surface area contributed by atoms with Crippen LogP contribution in [0, 0.1) is 0 Å². The quantitative estimate of drug-likeness (QED) is 0.830. The molecule has 0 radical (unpaired) electrons. The number of carbonyl (C=O) groups excluding carboxylic acids is 1. The van der Waals surface area contributed by atoms with E-state index in [-0.39, 0.29) is 11.4 Å². The first kappa shape index (κ1) is 18.0. The van der Waals surface area contributed by atoms with Crippen LogP contribution in [0.1, 0.15) is 16.2 Å². The van der Waals surface area contributed by atoms with E-state index in [9.17, 15) is 26.7 Å². The number of aromatic nitrogens is 2. The van der Waals surface area contributed by atoms with Gasteiger partial charge in [0.05, 0.1) is 5.69 Å². The molecule has 1 aromatic heterocycles. The Balaban J connectivity index is 2.34. The average Bonchev–Trinajstić information content (AvgIpc) is 2.75. The van der Waals surface area contributed by atoms with Gasteiger partial charge in [-0.25, -0.2) is 0 Å². The van der Waals surface area contributed by atoms with Gasteiger partial charge in [-0.3, -0.25) is 9.48 Å². The zero-order chi connectivity index (χ0) is 18.1. The molecule has 0 saturated carbocycles. The molecule has 0 saturated heterocycles. The Kier molecular flexibility index (Phi) is 4.97. The van der Waals surface area contributed by atoms with Gasteiger partial charge in [-0.15, -0.1) is 0 Å². The number of aryl methyl sites for hydroxylation is 1. The Bertz CT molecular complexity index is 761. The number of nitrogens with zero attached hydrogens (tertiary/aromatic N) is 2. The van der Waals surface area contributed by atoms with Crippen LogP contribution in [0.25, 0.3) is 0 Å². The minimum absolute atomic E-state index is 0.159. The van der Waals surface area contributed by atoms with Gasteiger partial charge in [0.2, 0.25) is 0 Å². The summed E-state index contributed by atoms with van der Waals surface area (Å²) < 4.78 is 67.8. The highest BCUT2D eigenvalue weighted by molar-refractivity contribution is 6.34. The van der Waals surface area contributed by atoms with Crippen LogP contribution in [0.15, 0.2) is 24.3 Å². The fourth-order valence-electron chi connectivity index (χ4n) is 1.88. The third-order valence-electron chi connectivity index (χ3n) is 2.82. The summed E-state index contributed by atoms with van der Waals surface area (Å²) in [5.41, 5.74) is -2.15. The number of hydrogen-bond donors (Lipinski definition) is 1. The molecule has 2 rings (SSSR count). The third-order valence-corrected chi connectivity index (χ3v) is 3.18. The molecule has 1 amide bonds. The van der Waals surface area contributed by atoms with Gasteiger partial charge in [-0.1, -0.05) is 23.7 Å². The Labute approximate surface area is 137 Å². The number of rotatable bonds is 4. The average molecular weight is 370 g/mol. The van der Waals surface area contributed by atoms with Gasteiger partial charge in [0, 0.05) is 7.05 Å². The molecule has 5 nitrogen and oxygen atoms in total. The summed E-state index contributed by atoms with van der Waals surface area (Å²) in [5, 5.41) is 4.44. The maximum absolute atomic E-state index is 12.7. The van der Waals surface area contributed by atoms with Crippen LogP contribution in [0.2, 0.25) is 5.02 Å². The molecule has 1 aromatic carbocycles. The van der Waals surface area contributed by atoms with E-state index in [1.54, 1.807) is 0 Å². The van der Waals surface area contributed by atoms with Gasteiger partial charge in [-0.2, -0.15) is 27.1 Å². The molecule has 0 spiro atoms. The number of amides is 1. The van der Waals surface area contributed by atoms with Gasteiger partial charge in [0.25, 0.3) is 5.91 Å². The lowest BCUT2D eigenvalue weighted by Crippen LogP contribution is -2.17. The smallest absolute Gasteiger partial charge is 0.433 e. The Morgan fingerprint density at radius 3 is 2.50 bits per heavy atom. The predicted octanol–water partition coefficient (Wildman–Crippen LogP) is 3.95. The molecule has 11 heteroatoms. The van der Waals surface area contributed by atoms with Crippen molar-refractivity contribution in [3.63, 3.8) is 0 Å². The summed E-state index contributed by atoms with van der Waals surface area (Å²) >= 11 is 5.58. The van der Waals surface area contributed by atoms with Crippen molar-refractivity contribution in [2.24, 2.45) is 7.05 Å². The Hall–Kier alpha value is -2.36. The van der Waals surface area contributed by atoms with Crippen LogP contribution >= 0.6 is 11.6 Å². The zero-order valence-corrected chi connectivity index (χ0v) is 12.6. The highest BCUT2D eigenvalue weighted by atomic mass is 35.5. The number of hydrogen-bond acceptors (Lipinski definition) is 3. The fourth-order valence-corrected chi connectivity index (χ4v) is 2.23. The second kappa shape index (κ2) is 6.63.